The topological polar surface area (TPSA) is 85.1 Å². The van der Waals surface area contributed by atoms with Gasteiger partial charge in [0, 0.05) is 39.3 Å². The first kappa shape index (κ1) is 23.0. The van der Waals surface area contributed by atoms with Crippen LogP contribution in [0.4, 0.5) is 0 Å². The number of nitrogens with one attached hydrogen (secondary N) is 1. The molecule has 7 nitrogen and oxygen atoms in total. The van der Waals surface area contributed by atoms with Crippen molar-refractivity contribution in [2.75, 3.05) is 5.75 Å². The Bertz CT molecular complexity index is 1270. The maximum absolute atomic E-state index is 12.4. The lowest BCUT2D eigenvalue weighted by atomic mass is 10.2. The molecule has 33 heavy (non-hydrogen) atoms. The molecule has 0 radical (unpaired) electrons. The molecule has 4 rings (SSSR count). The molecule has 0 aliphatic rings. The lowest BCUT2D eigenvalue weighted by Gasteiger charge is -2.10. The zero-order valence-electron chi connectivity index (χ0n) is 17.4. The van der Waals surface area contributed by atoms with Crippen LogP contribution in [0.2, 0.25) is 10.0 Å². The Labute approximate surface area is 204 Å². The number of carbonyl (C=O) groups is 1. The standard InChI is InChI=1S/C23H18Cl2N6OS/c1-15(17-3-2-12-26-13-17)27-28-21(32)14-33-23-30-29-22(16-4-6-18(24)7-5-16)31(23)20-10-8-19(25)9-11-20/h2-13H,14H2,1H3,(H,28,32). The second kappa shape index (κ2) is 10.6. The number of hydrogen-bond acceptors (Lipinski definition) is 6. The average Bonchev–Trinajstić information content (AvgIpc) is 3.26. The Kier molecular flexibility index (Phi) is 7.39. The van der Waals surface area contributed by atoms with Crippen LogP contribution < -0.4 is 5.43 Å². The molecule has 10 heteroatoms. The van der Waals surface area contributed by atoms with Gasteiger partial charge in [-0.3, -0.25) is 14.3 Å². The Morgan fingerprint density at radius 1 is 1.03 bits per heavy atom. The highest BCUT2D eigenvalue weighted by atomic mass is 35.5. The van der Waals surface area contributed by atoms with Crippen LogP contribution in [0.1, 0.15) is 12.5 Å². The Morgan fingerprint density at radius 2 is 1.73 bits per heavy atom. The lowest BCUT2D eigenvalue weighted by molar-refractivity contribution is -0.118. The van der Waals surface area contributed by atoms with Gasteiger partial charge in [0.1, 0.15) is 0 Å². The quantitative estimate of drug-likeness (QED) is 0.214. The van der Waals surface area contributed by atoms with Crippen molar-refractivity contribution in [3.8, 4) is 17.1 Å². The van der Waals surface area contributed by atoms with Gasteiger partial charge in [-0.05, 0) is 61.5 Å². The van der Waals surface area contributed by atoms with Gasteiger partial charge in [-0.15, -0.1) is 10.2 Å². The second-order valence-electron chi connectivity index (χ2n) is 6.89. The van der Waals surface area contributed by atoms with Crippen molar-refractivity contribution in [1.29, 1.82) is 0 Å². The van der Waals surface area contributed by atoms with Crippen LogP contribution in [-0.4, -0.2) is 37.1 Å². The van der Waals surface area contributed by atoms with Crippen molar-refractivity contribution >= 4 is 46.6 Å². The molecular formula is C23H18Cl2N6OS. The maximum atomic E-state index is 12.4. The van der Waals surface area contributed by atoms with E-state index in [1.807, 2.05) is 41.0 Å². The fourth-order valence-electron chi connectivity index (χ4n) is 2.92. The molecule has 2 aromatic carbocycles. The zero-order valence-corrected chi connectivity index (χ0v) is 19.8. The van der Waals surface area contributed by atoms with Gasteiger partial charge in [-0.25, -0.2) is 5.43 Å². The van der Waals surface area contributed by atoms with Gasteiger partial charge in [0.2, 0.25) is 0 Å². The van der Waals surface area contributed by atoms with E-state index >= 15 is 0 Å². The van der Waals surface area contributed by atoms with Crippen molar-refractivity contribution in [3.63, 3.8) is 0 Å². The van der Waals surface area contributed by atoms with Gasteiger partial charge in [-0.2, -0.15) is 5.10 Å². The number of thioether (sulfide) groups is 1. The molecule has 0 bridgehead atoms. The largest absolute Gasteiger partial charge is 0.272 e. The first-order valence-corrected chi connectivity index (χ1v) is 11.6. The van der Waals surface area contributed by atoms with Gasteiger partial charge in [-0.1, -0.05) is 41.0 Å². The van der Waals surface area contributed by atoms with Crippen molar-refractivity contribution in [1.82, 2.24) is 25.2 Å². The fraction of sp³-hybridized carbons (Fsp3) is 0.0870. The molecule has 2 aromatic heterocycles. The summed E-state index contributed by atoms with van der Waals surface area (Å²) in [6, 6.07) is 18.3. The minimum absolute atomic E-state index is 0.107. The third-order valence-corrected chi connectivity index (χ3v) is 6.01. The number of benzene rings is 2. The molecule has 0 saturated carbocycles. The summed E-state index contributed by atoms with van der Waals surface area (Å²) in [6.45, 7) is 1.81. The van der Waals surface area contributed by atoms with Crippen LogP contribution in [0.3, 0.4) is 0 Å². The van der Waals surface area contributed by atoms with Crippen LogP contribution in [0.25, 0.3) is 17.1 Å². The summed E-state index contributed by atoms with van der Waals surface area (Å²) < 4.78 is 1.88. The SMILES string of the molecule is CC(=NNC(=O)CSc1nnc(-c2ccc(Cl)cc2)n1-c1ccc(Cl)cc1)c1cccnc1. The predicted molar refractivity (Wildman–Crippen MR) is 132 cm³/mol. The molecule has 2 heterocycles. The fourth-order valence-corrected chi connectivity index (χ4v) is 3.92. The van der Waals surface area contributed by atoms with E-state index in [4.69, 9.17) is 23.2 Å². The van der Waals surface area contributed by atoms with E-state index in [-0.39, 0.29) is 11.7 Å². The minimum atomic E-state index is -0.262. The molecule has 0 aliphatic heterocycles. The van der Waals surface area contributed by atoms with Crippen LogP contribution >= 0.6 is 35.0 Å². The molecule has 1 N–H and O–H groups in total. The summed E-state index contributed by atoms with van der Waals surface area (Å²) in [6.07, 6.45) is 3.37. The highest BCUT2D eigenvalue weighted by Gasteiger charge is 2.17. The summed E-state index contributed by atoms with van der Waals surface area (Å²) >= 11 is 13.4. The number of aromatic nitrogens is 4. The summed E-state index contributed by atoms with van der Waals surface area (Å²) in [5.41, 5.74) is 5.73. The molecule has 0 spiro atoms. The van der Waals surface area contributed by atoms with E-state index in [0.29, 0.717) is 26.7 Å². The maximum Gasteiger partial charge on any atom is 0.250 e. The normalized spacial score (nSPS) is 11.4. The van der Waals surface area contributed by atoms with Gasteiger partial charge >= 0.3 is 0 Å². The molecule has 0 atom stereocenters. The van der Waals surface area contributed by atoms with Gasteiger partial charge < -0.3 is 0 Å². The summed E-state index contributed by atoms with van der Waals surface area (Å²) in [5, 5.41) is 14.6. The molecule has 1 amide bonds. The Morgan fingerprint density at radius 3 is 2.39 bits per heavy atom. The van der Waals surface area contributed by atoms with Crippen LogP contribution in [0, 0.1) is 0 Å². The van der Waals surface area contributed by atoms with Gasteiger partial charge in [0.05, 0.1) is 11.5 Å². The number of pyridine rings is 1. The highest BCUT2D eigenvalue weighted by Crippen LogP contribution is 2.29. The molecule has 166 valence electrons. The third kappa shape index (κ3) is 5.78. The Hall–Kier alpha value is -3.20. The van der Waals surface area contributed by atoms with Crippen molar-refractivity contribution < 1.29 is 4.79 Å². The van der Waals surface area contributed by atoms with E-state index < -0.39 is 0 Å². The second-order valence-corrected chi connectivity index (χ2v) is 8.70. The smallest absolute Gasteiger partial charge is 0.250 e. The third-order valence-electron chi connectivity index (χ3n) is 4.58. The molecule has 0 aliphatic carbocycles. The highest BCUT2D eigenvalue weighted by molar-refractivity contribution is 7.99. The molecule has 0 saturated heterocycles. The first-order valence-electron chi connectivity index (χ1n) is 9.85. The zero-order chi connectivity index (χ0) is 23.2. The van der Waals surface area contributed by atoms with Crippen molar-refractivity contribution in [3.05, 3.63) is 88.7 Å². The Balaban J connectivity index is 1.54. The summed E-state index contributed by atoms with van der Waals surface area (Å²) in [4.78, 5) is 16.5. The number of halogens is 2. The number of hydrogen-bond donors (Lipinski definition) is 1. The number of nitrogens with zero attached hydrogens (tertiary/aromatic N) is 5. The van der Waals surface area contributed by atoms with Gasteiger partial charge in [0.25, 0.3) is 5.91 Å². The first-order chi connectivity index (χ1) is 16.0. The van der Waals surface area contributed by atoms with Gasteiger partial charge in [0.15, 0.2) is 11.0 Å². The lowest BCUT2D eigenvalue weighted by Crippen LogP contribution is -2.21. The van der Waals surface area contributed by atoms with E-state index in [2.05, 4.69) is 25.7 Å². The van der Waals surface area contributed by atoms with Crippen LogP contribution in [0.5, 0.6) is 0 Å². The average molecular weight is 497 g/mol. The number of hydrazone groups is 1. The predicted octanol–water partition coefficient (Wildman–Crippen LogP) is 5.27. The van der Waals surface area contributed by atoms with Crippen molar-refractivity contribution in [2.24, 2.45) is 5.10 Å². The molecule has 4 aromatic rings. The molecular weight excluding hydrogens is 479 g/mol. The van der Waals surface area contributed by atoms with E-state index in [1.165, 1.54) is 11.8 Å². The van der Waals surface area contributed by atoms with Crippen LogP contribution in [0.15, 0.2) is 83.3 Å². The monoisotopic (exact) mass is 496 g/mol. The van der Waals surface area contributed by atoms with Crippen LogP contribution in [-0.2, 0) is 4.79 Å². The summed E-state index contributed by atoms with van der Waals surface area (Å²) in [5.74, 6) is 0.472. The van der Waals surface area contributed by atoms with E-state index in [1.54, 1.807) is 43.6 Å². The number of rotatable bonds is 7. The molecule has 0 fully saturated rings. The minimum Gasteiger partial charge on any atom is -0.272 e. The van der Waals surface area contributed by atoms with Crippen molar-refractivity contribution in [2.45, 2.75) is 12.1 Å². The number of carbonyl (C=O) groups excluding carboxylic acids is 1. The van der Waals surface area contributed by atoms with E-state index in [9.17, 15) is 4.79 Å². The van der Waals surface area contributed by atoms with E-state index in [0.717, 1.165) is 16.8 Å². The number of amides is 1. The summed E-state index contributed by atoms with van der Waals surface area (Å²) in [7, 11) is 0. The molecule has 0 unspecified atom stereocenters.